The van der Waals surface area contributed by atoms with Gasteiger partial charge in [0.2, 0.25) is 5.91 Å². The smallest absolute Gasteiger partial charge is 0.305 e. The number of fused-ring (bicyclic) bond motifs is 1. The van der Waals surface area contributed by atoms with Crippen LogP contribution in [0.1, 0.15) is 54.1 Å². The molecule has 0 radical (unpaired) electrons. The van der Waals surface area contributed by atoms with Crippen LogP contribution in [0.5, 0.6) is 0 Å². The average molecular weight is 458 g/mol. The molecule has 1 aromatic heterocycles. The van der Waals surface area contributed by atoms with E-state index >= 15 is 4.39 Å². The summed E-state index contributed by atoms with van der Waals surface area (Å²) in [5.74, 6) is -2.35. The molecule has 0 aliphatic carbocycles. The van der Waals surface area contributed by atoms with Gasteiger partial charge in [0.1, 0.15) is 11.9 Å². The molecule has 33 heavy (non-hydrogen) atoms. The summed E-state index contributed by atoms with van der Waals surface area (Å²) >= 11 is 0. The van der Waals surface area contributed by atoms with Crippen molar-refractivity contribution in [3.05, 3.63) is 53.0 Å². The van der Waals surface area contributed by atoms with E-state index in [-0.39, 0.29) is 42.7 Å². The Kier molecular flexibility index (Phi) is 8.11. The second-order valence-electron chi connectivity index (χ2n) is 7.94. The van der Waals surface area contributed by atoms with Gasteiger partial charge in [-0.2, -0.15) is 0 Å². The van der Waals surface area contributed by atoms with Crippen molar-refractivity contribution in [1.82, 2.24) is 9.88 Å². The Hall–Kier alpha value is -3.33. The Labute approximate surface area is 191 Å². The van der Waals surface area contributed by atoms with E-state index in [0.29, 0.717) is 18.7 Å². The number of amides is 2. The molecule has 0 saturated heterocycles. The van der Waals surface area contributed by atoms with E-state index in [9.17, 15) is 14.4 Å². The van der Waals surface area contributed by atoms with E-state index < -0.39 is 29.6 Å². The van der Waals surface area contributed by atoms with Crippen LogP contribution in [-0.4, -0.2) is 52.0 Å². The Balaban J connectivity index is 1.79. The number of pyridine rings is 1. The van der Waals surface area contributed by atoms with E-state index in [0.717, 1.165) is 18.4 Å². The molecule has 0 fully saturated rings. The lowest BCUT2D eigenvalue weighted by Crippen LogP contribution is -2.45. The Morgan fingerprint density at radius 1 is 1.30 bits per heavy atom. The van der Waals surface area contributed by atoms with Gasteiger partial charge >= 0.3 is 5.97 Å². The minimum Gasteiger partial charge on any atom is -0.466 e. The van der Waals surface area contributed by atoms with Crippen LogP contribution in [-0.2, 0) is 27.3 Å². The van der Waals surface area contributed by atoms with Crippen LogP contribution in [0.4, 0.5) is 4.39 Å². The minimum atomic E-state index is -1.06. The van der Waals surface area contributed by atoms with Gasteiger partial charge < -0.3 is 20.5 Å². The first-order valence-corrected chi connectivity index (χ1v) is 11.0. The number of carbonyl (C=O) groups is 3. The molecule has 1 aliphatic heterocycles. The number of unbranched alkanes of at least 4 members (excludes halogenated alkanes) is 1. The molecule has 176 valence electrons. The van der Waals surface area contributed by atoms with Crippen LogP contribution in [0.3, 0.4) is 0 Å². The first-order valence-electron chi connectivity index (χ1n) is 11.0. The van der Waals surface area contributed by atoms with Gasteiger partial charge in [0.15, 0.2) is 0 Å². The van der Waals surface area contributed by atoms with Gasteiger partial charge in [-0.25, -0.2) is 4.39 Å². The SMILES string of the molecule is CCCCOC(=O)CC[C@@H](C(N)=O)N1Cc2c(ccc(-c3cc(CCO)ccn3)c2F)C1=O. The van der Waals surface area contributed by atoms with Crippen LogP contribution >= 0.6 is 0 Å². The lowest BCUT2D eigenvalue weighted by molar-refractivity contribution is -0.144. The van der Waals surface area contributed by atoms with Gasteiger partial charge in [0, 0.05) is 35.9 Å². The van der Waals surface area contributed by atoms with Crippen LogP contribution < -0.4 is 5.73 Å². The minimum absolute atomic E-state index is 0.000737. The number of carbonyl (C=O) groups excluding carboxylic acids is 3. The van der Waals surface area contributed by atoms with Crippen molar-refractivity contribution in [1.29, 1.82) is 0 Å². The van der Waals surface area contributed by atoms with Crippen LogP contribution in [0.15, 0.2) is 30.5 Å². The Bertz CT molecular complexity index is 1040. The highest BCUT2D eigenvalue weighted by atomic mass is 19.1. The first-order chi connectivity index (χ1) is 15.9. The molecule has 0 saturated carbocycles. The number of esters is 1. The predicted octanol–water partition coefficient (Wildman–Crippen LogP) is 2.36. The van der Waals surface area contributed by atoms with Crippen molar-refractivity contribution in [2.45, 2.75) is 51.6 Å². The summed E-state index contributed by atoms with van der Waals surface area (Å²) in [5.41, 5.74) is 7.23. The molecule has 8 nitrogen and oxygen atoms in total. The number of ether oxygens (including phenoxy) is 1. The second-order valence-corrected chi connectivity index (χ2v) is 7.94. The average Bonchev–Trinajstić information content (AvgIpc) is 3.12. The number of aromatic nitrogens is 1. The number of nitrogens with two attached hydrogens (primary N) is 1. The van der Waals surface area contributed by atoms with Crippen molar-refractivity contribution in [2.75, 3.05) is 13.2 Å². The summed E-state index contributed by atoms with van der Waals surface area (Å²) in [6, 6.07) is 5.35. The Morgan fingerprint density at radius 3 is 2.76 bits per heavy atom. The lowest BCUT2D eigenvalue weighted by atomic mass is 10.0. The number of benzene rings is 1. The standard InChI is InChI=1S/C24H28FN3O5/c1-2-3-12-33-21(30)7-6-20(23(26)31)28-14-18-16(24(28)32)4-5-17(22(18)25)19-13-15(9-11-29)8-10-27-19/h4-5,8,10,13,20,29H,2-3,6-7,9,11-12,14H2,1H3,(H2,26,31)/t20-/m0/s1. The summed E-state index contributed by atoms with van der Waals surface area (Å²) in [4.78, 5) is 42.4. The topological polar surface area (TPSA) is 123 Å². The molecule has 0 bridgehead atoms. The summed E-state index contributed by atoms with van der Waals surface area (Å²) in [6.45, 7) is 2.09. The molecule has 2 amide bonds. The molecule has 3 rings (SSSR count). The zero-order chi connectivity index (χ0) is 24.0. The van der Waals surface area contributed by atoms with Crippen molar-refractivity contribution in [3.63, 3.8) is 0 Å². The summed E-state index contributed by atoms with van der Waals surface area (Å²) < 4.78 is 20.5. The van der Waals surface area contributed by atoms with E-state index in [1.54, 1.807) is 12.1 Å². The summed E-state index contributed by atoms with van der Waals surface area (Å²) in [5, 5.41) is 9.15. The number of aliphatic hydroxyl groups is 1. The molecule has 0 spiro atoms. The third kappa shape index (κ3) is 5.54. The predicted molar refractivity (Wildman–Crippen MR) is 118 cm³/mol. The van der Waals surface area contributed by atoms with Crippen molar-refractivity contribution in [3.8, 4) is 11.3 Å². The zero-order valence-corrected chi connectivity index (χ0v) is 18.6. The number of hydrogen-bond donors (Lipinski definition) is 2. The number of rotatable bonds is 11. The fraction of sp³-hybridized carbons (Fsp3) is 0.417. The van der Waals surface area contributed by atoms with Gasteiger partial charge in [-0.05, 0) is 49.1 Å². The van der Waals surface area contributed by atoms with Crippen molar-refractivity contribution < 1.29 is 28.6 Å². The largest absolute Gasteiger partial charge is 0.466 e. The highest BCUT2D eigenvalue weighted by molar-refractivity contribution is 6.01. The van der Waals surface area contributed by atoms with Gasteiger partial charge in [0.05, 0.1) is 18.8 Å². The van der Waals surface area contributed by atoms with Crippen molar-refractivity contribution in [2.24, 2.45) is 5.73 Å². The molecule has 1 atom stereocenters. The molecule has 1 aliphatic rings. The van der Waals surface area contributed by atoms with Crippen LogP contribution in [0, 0.1) is 5.82 Å². The van der Waals surface area contributed by atoms with E-state index in [2.05, 4.69) is 4.98 Å². The number of hydrogen-bond acceptors (Lipinski definition) is 6. The molecule has 9 heteroatoms. The van der Waals surface area contributed by atoms with Gasteiger partial charge in [-0.1, -0.05) is 13.3 Å². The molecule has 0 unspecified atom stereocenters. The third-order valence-corrected chi connectivity index (χ3v) is 5.65. The lowest BCUT2D eigenvalue weighted by Gasteiger charge is -2.24. The number of nitrogens with zero attached hydrogens (tertiary/aromatic N) is 2. The quantitative estimate of drug-likeness (QED) is 0.394. The maximum atomic E-state index is 15.4. The fourth-order valence-electron chi connectivity index (χ4n) is 3.84. The maximum Gasteiger partial charge on any atom is 0.305 e. The number of aliphatic hydroxyl groups excluding tert-OH is 1. The highest BCUT2D eigenvalue weighted by Crippen LogP contribution is 2.33. The molecule has 3 N–H and O–H groups in total. The van der Waals surface area contributed by atoms with E-state index in [1.165, 1.54) is 23.2 Å². The molecule has 2 aromatic rings. The van der Waals surface area contributed by atoms with E-state index in [4.69, 9.17) is 15.6 Å². The highest BCUT2D eigenvalue weighted by Gasteiger charge is 2.38. The molecule has 2 heterocycles. The van der Waals surface area contributed by atoms with Crippen molar-refractivity contribution >= 4 is 17.8 Å². The zero-order valence-electron chi connectivity index (χ0n) is 18.6. The maximum absolute atomic E-state index is 15.4. The molecular weight excluding hydrogens is 429 g/mol. The normalized spacial score (nSPS) is 13.7. The van der Waals surface area contributed by atoms with Crippen LogP contribution in [0.2, 0.25) is 0 Å². The van der Waals surface area contributed by atoms with E-state index in [1.807, 2.05) is 6.92 Å². The van der Waals surface area contributed by atoms with Gasteiger partial charge in [0.25, 0.3) is 5.91 Å². The monoisotopic (exact) mass is 457 g/mol. The Morgan fingerprint density at radius 2 is 2.06 bits per heavy atom. The molecule has 1 aromatic carbocycles. The molecular formula is C24H28FN3O5. The number of halogens is 1. The summed E-state index contributed by atoms with van der Waals surface area (Å²) in [6.07, 6.45) is 3.49. The third-order valence-electron chi connectivity index (χ3n) is 5.65. The first kappa shape index (κ1) is 24.3. The number of primary amides is 1. The van der Waals surface area contributed by atoms with Gasteiger partial charge in [-0.3, -0.25) is 19.4 Å². The second kappa shape index (κ2) is 11.0. The summed E-state index contributed by atoms with van der Waals surface area (Å²) in [7, 11) is 0. The van der Waals surface area contributed by atoms with Gasteiger partial charge in [-0.15, -0.1) is 0 Å². The van der Waals surface area contributed by atoms with Crippen LogP contribution in [0.25, 0.3) is 11.3 Å². The fourth-order valence-corrected chi connectivity index (χ4v) is 3.84.